The predicted molar refractivity (Wildman–Crippen MR) is 80.2 cm³/mol. The Balaban J connectivity index is 2.41. The summed E-state index contributed by atoms with van der Waals surface area (Å²) in [6, 6.07) is -0.807. The van der Waals surface area contributed by atoms with Gasteiger partial charge in [-0.2, -0.15) is 0 Å². The van der Waals surface area contributed by atoms with E-state index in [9.17, 15) is 14.7 Å². The van der Waals surface area contributed by atoms with E-state index in [1.165, 1.54) is 0 Å². The van der Waals surface area contributed by atoms with Crippen LogP contribution in [0.25, 0.3) is 0 Å². The lowest BCUT2D eigenvalue weighted by atomic mass is 9.85. The number of ether oxygens (including phenoxy) is 1. The summed E-state index contributed by atoms with van der Waals surface area (Å²) < 4.78 is 5.21. The zero-order valence-corrected chi connectivity index (χ0v) is 13.3. The molecular formula is C15H28N2O4. The number of carboxylic acids is 1. The van der Waals surface area contributed by atoms with Crippen molar-refractivity contribution in [3.63, 3.8) is 0 Å². The van der Waals surface area contributed by atoms with Crippen LogP contribution in [-0.4, -0.2) is 42.9 Å². The lowest BCUT2D eigenvalue weighted by Gasteiger charge is -2.26. The van der Waals surface area contributed by atoms with Gasteiger partial charge in [-0.25, -0.2) is 4.79 Å². The van der Waals surface area contributed by atoms with Gasteiger partial charge in [-0.3, -0.25) is 4.79 Å². The van der Waals surface area contributed by atoms with Gasteiger partial charge in [0.25, 0.3) is 0 Å². The fourth-order valence-corrected chi connectivity index (χ4v) is 2.47. The molecule has 3 atom stereocenters. The number of carbonyl (C=O) groups excluding carboxylic acids is 1. The van der Waals surface area contributed by atoms with Gasteiger partial charge < -0.3 is 20.5 Å². The van der Waals surface area contributed by atoms with Gasteiger partial charge >= 0.3 is 12.0 Å². The molecule has 1 fully saturated rings. The van der Waals surface area contributed by atoms with E-state index >= 15 is 0 Å². The van der Waals surface area contributed by atoms with E-state index in [1.54, 1.807) is 6.92 Å². The van der Waals surface area contributed by atoms with Gasteiger partial charge in [-0.05, 0) is 19.3 Å². The van der Waals surface area contributed by atoms with Crippen molar-refractivity contribution >= 4 is 12.0 Å². The summed E-state index contributed by atoms with van der Waals surface area (Å²) in [5, 5.41) is 14.8. The smallest absolute Gasteiger partial charge is 0.315 e. The molecule has 3 N–H and O–H groups in total. The monoisotopic (exact) mass is 300 g/mol. The molecule has 0 saturated carbocycles. The van der Waals surface area contributed by atoms with Crippen LogP contribution in [0, 0.1) is 11.3 Å². The van der Waals surface area contributed by atoms with Gasteiger partial charge in [0.1, 0.15) is 5.41 Å². The molecule has 0 aromatic rings. The number of aliphatic carboxylic acids is 1. The number of carbonyl (C=O) groups is 2. The molecule has 0 spiro atoms. The maximum Gasteiger partial charge on any atom is 0.315 e. The van der Waals surface area contributed by atoms with Crippen LogP contribution in [0.4, 0.5) is 4.79 Å². The highest BCUT2D eigenvalue weighted by Gasteiger charge is 2.47. The number of amides is 2. The zero-order chi connectivity index (χ0) is 15.9. The van der Waals surface area contributed by atoms with Crippen molar-refractivity contribution < 1.29 is 19.4 Å². The second-order valence-corrected chi connectivity index (χ2v) is 6.06. The van der Waals surface area contributed by atoms with Crippen molar-refractivity contribution in [2.45, 2.75) is 52.5 Å². The first-order valence-corrected chi connectivity index (χ1v) is 7.79. The van der Waals surface area contributed by atoms with Crippen molar-refractivity contribution in [2.75, 3.05) is 19.8 Å². The summed E-state index contributed by atoms with van der Waals surface area (Å²) in [5.74, 6) is -0.471. The first kappa shape index (κ1) is 17.8. The van der Waals surface area contributed by atoms with Crippen LogP contribution in [0.3, 0.4) is 0 Å². The van der Waals surface area contributed by atoms with Crippen molar-refractivity contribution in [2.24, 2.45) is 11.3 Å². The zero-order valence-electron chi connectivity index (χ0n) is 13.3. The Morgan fingerprint density at radius 3 is 2.71 bits per heavy atom. The van der Waals surface area contributed by atoms with E-state index in [-0.39, 0.29) is 19.2 Å². The summed E-state index contributed by atoms with van der Waals surface area (Å²) in [6.45, 7) is 6.86. The maximum absolute atomic E-state index is 11.9. The third-order valence-corrected chi connectivity index (χ3v) is 4.34. The molecule has 2 amide bonds. The van der Waals surface area contributed by atoms with Gasteiger partial charge in [0.15, 0.2) is 0 Å². The Bertz CT molecular complexity index is 362. The second-order valence-electron chi connectivity index (χ2n) is 6.06. The molecule has 0 bridgehead atoms. The molecule has 1 aliphatic rings. The minimum Gasteiger partial charge on any atom is -0.481 e. The molecule has 0 radical (unpaired) electrons. The highest BCUT2D eigenvalue weighted by Crippen LogP contribution is 2.28. The second kappa shape index (κ2) is 8.22. The Labute approximate surface area is 126 Å². The Kier molecular flexibility index (Phi) is 6.95. The first-order chi connectivity index (χ1) is 9.93. The van der Waals surface area contributed by atoms with Gasteiger partial charge in [0.2, 0.25) is 0 Å². The molecule has 0 aliphatic carbocycles. The van der Waals surface area contributed by atoms with Gasteiger partial charge in [-0.15, -0.1) is 0 Å². The van der Waals surface area contributed by atoms with Crippen molar-refractivity contribution in [3.8, 4) is 0 Å². The Morgan fingerprint density at radius 2 is 2.14 bits per heavy atom. The topological polar surface area (TPSA) is 87.7 Å². The quantitative estimate of drug-likeness (QED) is 0.639. The van der Waals surface area contributed by atoms with Gasteiger partial charge in [-0.1, -0.05) is 33.1 Å². The number of nitrogens with one attached hydrogen (secondary N) is 2. The first-order valence-electron chi connectivity index (χ1n) is 7.79. The van der Waals surface area contributed by atoms with E-state index in [2.05, 4.69) is 24.5 Å². The fraction of sp³-hybridized carbons (Fsp3) is 0.867. The van der Waals surface area contributed by atoms with E-state index in [4.69, 9.17) is 4.74 Å². The molecule has 6 heteroatoms. The van der Waals surface area contributed by atoms with Crippen molar-refractivity contribution in [3.05, 3.63) is 0 Å². The predicted octanol–water partition coefficient (Wildman–Crippen LogP) is 1.99. The average Bonchev–Trinajstić information content (AvgIpc) is 2.82. The summed E-state index contributed by atoms with van der Waals surface area (Å²) >= 11 is 0. The van der Waals surface area contributed by atoms with Crippen LogP contribution >= 0.6 is 0 Å². The summed E-state index contributed by atoms with van der Waals surface area (Å²) in [5.41, 5.74) is -1.05. The molecule has 21 heavy (non-hydrogen) atoms. The van der Waals surface area contributed by atoms with E-state index < -0.39 is 17.4 Å². The highest BCUT2D eigenvalue weighted by molar-refractivity contribution is 5.79. The van der Waals surface area contributed by atoms with Crippen LogP contribution in [0.5, 0.6) is 0 Å². The summed E-state index contributed by atoms with van der Waals surface area (Å²) in [4.78, 5) is 23.2. The lowest BCUT2D eigenvalue weighted by Crippen LogP contribution is -2.52. The molecule has 6 nitrogen and oxygen atoms in total. The third kappa shape index (κ3) is 4.88. The molecule has 1 rings (SSSR count). The van der Waals surface area contributed by atoms with Gasteiger partial charge in [0.05, 0.1) is 19.3 Å². The fourth-order valence-electron chi connectivity index (χ4n) is 2.47. The van der Waals surface area contributed by atoms with Crippen LogP contribution < -0.4 is 10.6 Å². The van der Waals surface area contributed by atoms with Gasteiger partial charge in [0, 0.05) is 6.54 Å². The molecular weight excluding hydrogens is 272 g/mol. The number of unbranched alkanes of at least 4 members (excludes halogenated alkanes) is 1. The number of carboxylic acid groups (broad SMARTS) is 1. The van der Waals surface area contributed by atoms with Crippen LogP contribution in [-0.2, 0) is 9.53 Å². The summed E-state index contributed by atoms with van der Waals surface area (Å²) in [6.07, 6.45) is 4.45. The molecule has 0 aromatic carbocycles. The van der Waals surface area contributed by atoms with Crippen molar-refractivity contribution in [1.82, 2.24) is 10.6 Å². The molecule has 1 aliphatic heterocycles. The Hall–Kier alpha value is -1.30. The molecule has 1 saturated heterocycles. The van der Waals surface area contributed by atoms with E-state index in [1.807, 2.05) is 0 Å². The van der Waals surface area contributed by atoms with E-state index in [0.717, 1.165) is 25.7 Å². The summed E-state index contributed by atoms with van der Waals surface area (Å²) in [7, 11) is 0. The average molecular weight is 300 g/mol. The Morgan fingerprint density at radius 1 is 1.43 bits per heavy atom. The molecule has 0 aromatic heterocycles. The largest absolute Gasteiger partial charge is 0.481 e. The minimum atomic E-state index is -1.05. The van der Waals surface area contributed by atoms with E-state index in [0.29, 0.717) is 12.5 Å². The standard InChI is InChI=1S/C15H28N2O4/c1-4-6-7-11(5-2)8-16-14(20)17-12-9-21-10-15(12,3)13(18)19/h11-12H,4-10H2,1-3H3,(H,18,19)(H2,16,17,20). The number of hydrogen-bond acceptors (Lipinski definition) is 3. The third-order valence-electron chi connectivity index (χ3n) is 4.34. The lowest BCUT2D eigenvalue weighted by molar-refractivity contribution is -0.148. The maximum atomic E-state index is 11.9. The van der Waals surface area contributed by atoms with Crippen LogP contribution in [0.1, 0.15) is 46.5 Å². The van der Waals surface area contributed by atoms with Crippen molar-refractivity contribution in [1.29, 1.82) is 0 Å². The molecule has 3 unspecified atom stereocenters. The molecule has 1 heterocycles. The molecule has 122 valence electrons. The highest BCUT2D eigenvalue weighted by atomic mass is 16.5. The number of hydrogen-bond donors (Lipinski definition) is 3. The number of urea groups is 1. The normalized spacial score (nSPS) is 26.3. The van der Waals surface area contributed by atoms with Crippen LogP contribution in [0.15, 0.2) is 0 Å². The SMILES string of the molecule is CCCCC(CC)CNC(=O)NC1COCC1(C)C(=O)O. The minimum absolute atomic E-state index is 0.126. The van der Waals surface area contributed by atoms with Crippen LogP contribution in [0.2, 0.25) is 0 Å². The number of rotatable bonds is 8.